The Morgan fingerprint density at radius 1 is 1.14 bits per heavy atom. The zero-order chi connectivity index (χ0) is 19.3. The van der Waals surface area contributed by atoms with Crippen molar-refractivity contribution in [3.63, 3.8) is 0 Å². The van der Waals surface area contributed by atoms with Crippen LogP contribution in [0.3, 0.4) is 0 Å². The first kappa shape index (κ1) is 18.7. The molecule has 0 bridgehead atoms. The molecule has 1 fully saturated rings. The second kappa shape index (κ2) is 8.61. The van der Waals surface area contributed by atoms with E-state index < -0.39 is 0 Å². The molecule has 0 radical (unpaired) electrons. The summed E-state index contributed by atoms with van der Waals surface area (Å²) in [6.45, 7) is 3.92. The second-order valence-electron chi connectivity index (χ2n) is 7.01. The fraction of sp³-hybridized carbons (Fsp3) is 0.364. The summed E-state index contributed by atoms with van der Waals surface area (Å²) >= 11 is 1.59. The molecule has 0 spiro atoms. The number of hydrogen-bond acceptors (Lipinski definition) is 5. The van der Waals surface area contributed by atoms with Gasteiger partial charge in [-0.25, -0.2) is 4.98 Å². The van der Waals surface area contributed by atoms with Crippen molar-refractivity contribution in [1.82, 2.24) is 9.88 Å². The van der Waals surface area contributed by atoms with E-state index in [0.717, 1.165) is 47.1 Å². The zero-order valence-corrected chi connectivity index (χ0v) is 16.8. The molecular formula is C22H24N2O3S. The number of aryl methyl sites for hydroxylation is 1. The van der Waals surface area contributed by atoms with Gasteiger partial charge in [0, 0.05) is 25.9 Å². The summed E-state index contributed by atoms with van der Waals surface area (Å²) in [6.07, 6.45) is 2.18. The lowest BCUT2D eigenvalue weighted by molar-refractivity contribution is -0.133. The number of piperidine rings is 1. The van der Waals surface area contributed by atoms with Gasteiger partial charge in [-0.3, -0.25) is 4.79 Å². The van der Waals surface area contributed by atoms with E-state index in [0.29, 0.717) is 13.0 Å². The predicted octanol–water partition coefficient (Wildman–Crippen LogP) is 4.44. The summed E-state index contributed by atoms with van der Waals surface area (Å²) in [5.74, 6) is 0.943. The molecule has 3 aromatic rings. The largest absolute Gasteiger partial charge is 0.493 e. The Morgan fingerprint density at radius 3 is 2.68 bits per heavy atom. The van der Waals surface area contributed by atoms with E-state index in [2.05, 4.69) is 24.0 Å². The highest BCUT2D eigenvalue weighted by atomic mass is 32.1. The molecule has 0 unspecified atom stereocenters. The van der Waals surface area contributed by atoms with Crippen molar-refractivity contribution in [2.45, 2.75) is 32.3 Å². The summed E-state index contributed by atoms with van der Waals surface area (Å²) in [6, 6.07) is 15.8. The third-order valence-electron chi connectivity index (χ3n) is 4.99. The van der Waals surface area contributed by atoms with Gasteiger partial charge in [-0.1, -0.05) is 41.7 Å². The minimum atomic E-state index is 0.116. The molecule has 28 heavy (non-hydrogen) atoms. The minimum absolute atomic E-state index is 0.116. The Balaban J connectivity index is 1.23. The molecule has 0 aliphatic carbocycles. The highest BCUT2D eigenvalue weighted by molar-refractivity contribution is 7.20. The van der Waals surface area contributed by atoms with Crippen LogP contribution in [0, 0.1) is 6.92 Å². The summed E-state index contributed by atoms with van der Waals surface area (Å²) < 4.78 is 12.9. The maximum atomic E-state index is 12.4. The lowest BCUT2D eigenvalue weighted by Crippen LogP contribution is -2.42. The maximum absolute atomic E-state index is 12.4. The average molecular weight is 397 g/mol. The van der Waals surface area contributed by atoms with Crippen molar-refractivity contribution in [2.75, 3.05) is 19.7 Å². The fourth-order valence-corrected chi connectivity index (χ4v) is 4.37. The second-order valence-corrected chi connectivity index (χ2v) is 8.00. The Hall–Kier alpha value is -2.60. The number of carbonyl (C=O) groups is 1. The summed E-state index contributed by atoms with van der Waals surface area (Å²) in [4.78, 5) is 18.9. The molecule has 2 aromatic carbocycles. The van der Waals surface area contributed by atoms with Crippen LogP contribution in [0.15, 0.2) is 48.5 Å². The summed E-state index contributed by atoms with van der Waals surface area (Å²) in [5.41, 5.74) is 2.19. The predicted molar refractivity (Wildman–Crippen MR) is 111 cm³/mol. The lowest BCUT2D eigenvalue weighted by Gasteiger charge is -2.31. The topological polar surface area (TPSA) is 51.7 Å². The number of likely N-dealkylation sites (tertiary alicyclic amines) is 1. The number of amides is 1. The van der Waals surface area contributed by atoms with Crippen molar-refractivity contribution in [3.05, 3.63) is 54.1 Å². The molecule has 1 aliphatic rings. The molecule has 4 rings (SSSR count). The maximum Gasteiger partial charge on any atom is 0.274 e. The third-order valence-corrected chi connectivity index (χ3v) is 5.90. The molecule has 6 heteroatoms. The first-order valence-electron chi connectivity index (χ1n) is 9.67. The molecule has 0 atom stereocenters. The Bertz CT molecular complexity index is 933. The Kier molecular flexibility index (Phi) is 5.76. The molecule has 1 aliphatic heterocycles. The molecular weight excluding hydrogens is 372 g/mol. The van der Waals surface area contributed by atoms with Crippen molar-refractivity contribution >= 4 is 27.5 Å². The van der Waals surface area contributed by atoms with E-state index >= 15 is 0 Å². The first-order valence-corrected chi connectivity index (χ1v) is 10.5. The number of para-hydroxylation sites is 2. The van der Waals surface area contributed by atoms with Gasteiger partial charge in [0.2, 0.25) is 5.91 Å². The number of aromatic nitrogens is 1. The van der Waals surface area contributed by atoms with E-state index in [1.807, 2.05) is 41.3 Å². The normalized spacial score (nSPS) is 15.0. The molecule has 0 N–H and O–H groups in total. The van der Waals surface area contributed by atoms with Gasteiger partial charge in [0.05, 0.1) is 23.2 Å². The highest BCUT2D eigenvalue weighted by Crippen LogP contribution is 2.31. The van der Waals surface area contributed by atoms with E-state index in [1.165, 1.54) is 5.56 Å². The van der Waals surface area contributed by atoms with Crippen LogP contribution in [0.5, 0.6) is 10.9 Å². The van der Waals surface area contributed by atoms with Gasteiger partial charge in [-0.2, -0.15) is 0 Å². The third kappa shape index (κ3) is 4.44. The molecule has 5 nitrogen and oxygen atoms in total. The molecule has 2 heterocycles. The quantitative estimate of drug-likeness (QED) is 0.618. The van der Waals surface area contributed by atoms with Crippen LogP contribution in [-0.2, 0) is 4.79 Å². The van der Waals surface area contributed by atoms with Crippen LogP contribution in [0.1, 0.15) is 24.8 Å². The number of carbonyl (C=O) groups excluding carboxylic acids is 1. The average Bonchev–Trinajstić information content (AvgIpc) is 3.13. The standard InChI is InChI=1S/C22H24N2O3S/c1-16-6-5-9-19-21(16)23-22(28-19)27-18-10-13-24(14-11-18)20(25)12-15-26-17-7-3-2-4-8-17/h2-9,18H,10-15H2,1H3. The highest BCUT2D eigenvalue weighted by Gasteiger charge is 2.24. The van der Waals surface area contributed by atoms with Crippen LogP contribution in [-0.4, -0.2) is 41.6 Å². The number of thiazole rings is 1. The van der Waals surface area contributed by atoms with Crippen LogP contribution in [0.2, 0.25) is 0 Å². The SMILES string of the molecule is Cc1cccc2sc(OC3CCN(C(=O)CCOc4ccccc4)CC3)nc12. The lowest BCUT2D eigenvalue weighted by atomic mass is 10.1. The molecule has 1 aromatic heterocycles. The van der Waals surface area contributed by atoms with Crippen LogP contribution < -0.4 is 9.47 Å². The monoisotopic (exact) mass is 396 g/mol. The van der Waals surface area contributed by atoms with Gasteiger partial charge in [-0.15, -0.1) is 0 Å². The molecule has 1 saturated heterocycles. The van der Waals surface area contributed by atoms with E-state index in [9.17, 15) is 4.79 Å². The molecule has 146 valence electrons. The van der Waals surface area contributed by atoms with E-state index in [-0.39, 0.29) is 12.0 Å². The van der Waals surface area contributed by atoms with Gasteiger partial charge < -0.3 is 14.4 Å². The van der Waals surface area contributed by atoms with E-state index in [1.54, 1.807) is 11.3 Å². The van der Waals surface area contributed by atoms with Gasteiger partial charge in [0.15, 0.2) is 0 Å². The van der Waals surface area contributed by atoms with Gasteiger partial charge in [-0.05, 0) is 30.7 Å². The van der Waals surface area contributed by atoms with E-state index in [4.69, 9.17) is 9.47 Å². The Morgan fingerprint density at radius 2 is 1.93 bits per heavy atom. The number of hydrogen-bond donors (Lipinski definition) is 0. The number of ether oxygens (including phenoxy) is 2. The smallest absolute Gasteiger partial charge is 0.274 e. The minimum Gasteiger partial charge on any atom is -0.493 e. The number of fused-ring (bicyclic) bond motifs is 1. The van der Waals surface area contributed by atoms with Crippen molar-refractivity contribution < 1.29 is 14.3 Å². The van der Waals surface area contributed by atoms with Gasteiger partial charge in [0.1, 0.15) is 11.9 Å². The van der Waals surface area contributed by atoms with Crippen molar-refractivity contribution in [3.8, 4) is 10.9 Å². The zero-order valence-electron chi connectivity index (χ0n) is 16.0. The van der Waals surface area contributed by atoms with Crippen molar-refractivity contribution in [1.29, 1.82) is 0 Å². The van der Waals surface area contributed by atoms with Gasteiger partial charge in [0.25, 0.3) is 5.19 Å². The van der Waals surface area contributed by atoms with Crippen molar-refractivity contribution in [2.24, 2.45) is 0 Å². The Labute approximate surface area is 168 Å². The van der Waals surface area contributed by atoms with Crippen LogP contribution in [0.25, 0.3) is 10.2 Å². The number of nitrogens with zero attached hydrogens (tertiary/aromatic N) is 2. The first-order chi connectivity index (χ1) is 13.7. The van der Waals surface area contributed by atoms with Crippen LogP contribution in [0.4, 0.5) is 0 Å². The summed E-state index contributed by atoms with van der Waals surface area (Å²) in [5, 5.41) is 0.727. The van der Waals surface area contributed by atoms with Gasteiger partial charge >= 0.3 is 0 Å². The molecule has 0 saturated carbocycles. The summed E-state index contributed by atoms with van der Waals surface area (Å²) in [7, 11) is 0. The van der Waals surface area contributed by atoms with Crippen LogP contribution >= 0.6 is 11.3 Å². The number of benzene rings is 2. The molecule has 1 amide bonds. The fourth-order valence-electron chi connectivity index (χ4n) is 3.41. The number of rotatable bonds is 6.